The first-order chi connectivity index (χ1) is 19.7. The fourth-order valence-electron chi connectivity index (χ4n) is 4.38. The first-order valence-corrected chi connectivity index (χ1v) is 14.5. The lowest BCUT2D eigenvalue weighted by Crippen LogP contribution is -2.40. The number of carbonyl (C=O) groups is 2. The number of nitrogens with zero attached hydrogens (tertiary/aromatic N) is 2. The van der Waals surface area contributed by atoms with E-state index < -0.39 is 17.9 Å². The van der Waals surface area contributed by atoms with E-state index in [0.717, 1.165) is 6.42 Å². The lowest BCUT2D eigenvalue weighted by atomic mass is 9.94. The van der Waals surface area contributed by atoms with Crippen LogP contribution in [0.5, 0.6) is 17.2 Å². The molecular formula is C29H30BrN3O7S. The molecule has 0 saturated carbocycles. The summed E-state index contributed by atoms with van der Waals surface area (Å²) in [6, 6.07) is 9.72. The molecule has 2 heterocycles. The van der Waals surface area contributed by atoms with Crippen molar-refractivity contribution in [3.8, 4) is 17.2 Å². The molecule has 2 N–H and O–H groups in total. The monoisotopic (exact) mass is 643 g/mol. The quantitative estimate of drug-likeness (QED) is 0.317. The zero-order valence-corrected chi connectivity index (χ0v) is 25.5. The van der Waals surface area contributed by atoms with Gasteiger partial charge in [-0.25, -0.2) is 9.79 Å². The molecule has 3 aromatic rings. The molecule has 41 heavy (non-hydrogen) atoms. The summed E-state index contributed by atoms with van der Waals surface area (Å²) in [5.41, 5.74) is 6.83. The number of amides is 1. The number of esters is 1. The number of methoxy groups -OCH3 is 1. The summed E-state index contributed by atoms with van der Waals surface area (Å²) in [6.45, 7) is 5.76. The smallest absolute Gasteiger partial charge is 0.338 e. The van der Waals surface area contributed by atoms with Gasteiger partial charge in [-0.05, 0) is 66.0 Å². The normalized spacial score (nSPS) is 14.8. The van der Waals surface area contributed by atoms with Gasteiger partial charge in [0.15, 0.2) is 22.9 Å². The van der Waals surface area contributed by atoms with Gasteiger partial charge in [0.2, 0.25) is 0 Å². The van der Waals surface area contributed by atoms with Gasteiger partial charge >= 0.3 is 5.97 Å². The minimum atomic E-state index is -0.856. The van der Waals surface area contributed by atoms with Gasteiger partial charge in [-0.1, -0.05) is 36.5 Å². The van der Waals surface area contributed by atoms with E-state index in [1.54, 1.807) is 57.4 Å². The first-order valence-electron chi connectivity index (χ1n) is 12.9. The second kappa shape index (κ2) is 13.2. The van der Waals surface area contributed by atoms with Gasteiger partial charge in [0.25, 0.3) is 11.5 Å². The highest BCUT2D eigenvalue weighted by molar-refractivity contribution is 9.10. The van der Waals surface area contributed by atoms with Crippen molar-refractivity contribution in [2.75, 3.05) is 26.9 Å². The van der Waals surface area contributed by atoms with Crippen LogP contribution in [0.25, 0.3) is 6.08 Å². The van der Waals surface area contributed by atoms with Gasteiger partial charge < -0.3 is 24.7 Å². The van der Waals surface area contributed by atoms with E-state index in [4.69, 9.17) is 24.7 Å². The molecule has 216 valence electrons. The van der Waals surface area contributed by atoms with Crippen LogP contribution in [0, 0.1) is 0 Å². The lowest BCUT2D eigenvalue weighted by Gasteiger charge is -2.27. The van der Waals surface area contributed by atoms with Crippen molar-refractivity contribution in [3.63, 3.8) is 0 Å². The Morgan fingerprint density at radius 1 is 1.17 bits per heavy atom. The van der Waals surface area contributed by atoms with E-state index >= 15 is 0 Å². The Balaban J connectivity index is 1.91. The summed E-state index contributed by atoms with van der Waals surface area (Å²) in [4.78, 5) is 43.4. The third-order valence-electron chi connectivity index (χ3n) is 6.12. The van der Waals surface area contributed by atoms with Crippen LogP contribution in [0.4, 0.5) is 0 Å². The Bertz CT molecular complexity index is 1690. The van der Waals surface area contributed by atoms with Gasteiger partial charge in [0.05, 0.1) is 40.6 Å². The van der Waals surface area contributed by atoms with Crippen LogP contribution < -0.4 is 34.8 Å². The molecule has 1 aliphatic rings. The minimum Gasteiger partial charge on any atom is -0.493 e. The molecule has 10 nitrogen and oxygen atoms in total. The average Bonchev–Trinajstić information content (AvgIpc) is 3.24. The van der Waals surface area contributed by atoms with E-state index in [2.05, 4.69) is 20.9 Å². The van der Waals surface area contributed by atoms with Gasteiger partial charge in [-0.15, -0.1) is 0 Å². The number of ether oxygens (including phenoxy) is 4. The predicted octanol–water partition coefficient (Wildman–Crippen LogP) is 3.22. The first kappa shape index (κ1) is 30.1. The molecule has 4 rings (SSSR count). The summed E-state index contributed by atoms with van der Waals surface area (Å²) in [5.74, 6) is 0.221. The molecule has 0 unspecified atom stereocenters. The van der Waals surface area contributed by atoms with E-state index in [0.29, 0.717) is 54.5 Å². The predicted molar refractivity (Wildman–Crippen MR) is 158 cm³/mol. The molecule has 0 fully saturated rings. The molecular weight excluding hydrogens is 614 g/mol. The number of thiazole rings is 1. The zero-order valence-electron chi connectivity index (χ0n) is 23.1. The van der Waals surface area contributed by atoms with Crippen LogP contribution in [0.1, 0.15) is 44.4 Å². The Morgan fingerprint density at radius 3 is 2.61 bits per heavy atom. The van der Waals surface area contributed by atoms with Gasteiger partial charge in [0, 0.05) is 5.56 Å². The standard InChI is InChI=1S/C29H30BrN3O7S/c1-5-12-39-26-18(8-7-9-21(26)37-4)25-24(28(36)38-6-2)16(3)32-29-33(25)27(35)22(41-29)14-17-10-11-20(19(30)13-17)40-15-23(31)34/h7-11,13-14,25H,5-6,12,15H2,1-4H3,(H2,31,34)/t25-/m1/s1. The van der Waals surface area contributed by atoms with Gasteiger partial charge in [-0.2, -0.15) is 0 Å². The molecule has 0 bridgehead atoms. The van der Waals surface area contributed by atoms with Crippen molar-refractivity contribution in [3.05, 3.63) is 83.0 Å². The van der Waals surface area contributed by atoms with Crippen LogP contribution in [0.3, 0.4) is 0 Å². The van der Waals surface area contributed by atoms with Crippen molar-refractivity contribution < 1.29 is 28.5 Å². The topological polar surface area (TPSA) is 131 Å². The second-order valence-electron chi connectivity index (χ2n) is 8.97. The van der Waals surface area contributed by atoms with Crippen LogP contribution in [0.2, 0.25) is 0 Å². The molecule has 0 saturated heterocycles. The molecule has 2 aromatic carbocycles. The van der Waals surface area contributed by atoms with Crippen molar-refractivity contribution in [2.45, 2.75) is 33.2 Å². The van der Waals surface area contributed by atoms with Crippen molar-refractivity contribution in [2.24, 2.45) is 10.7 Å². The fraction of sp³-hybridized carbons (Fsp3) is 0.310. The largest absolute Gasteiger partial charge is 0.493 e. The van der Waals surface area contributed by atoms with Crippen molar-refractivity contribution in [1.82, 2.24) is 4.57 Å². The molecule has 1 aromatic heterocycles. The Hall–Kier alpha value is -3.90. The average molecular weight is 645 g/mol. The van der Waals surface area contributed by atoms with Crippen LogP contribution in [-0.2, 0) is 14.3 Å². The van der Waals surface area contributed by atoms with Crippen LogP contribution >= 0.6 is 27.3 Å². The Morgan fingerprint density at radius 2 is 1.95 bits per heavy atom. The van der Waals surface area contributed by atoms with E-state index in [1.807, 2.05) is 13.0 Å². The number of benzene rings is 2. The van der Waals surface area contributed by atoms with Crippen LogP contribution in [-0.4, -0.2) is 43.4 Å². The SMILES string of the molecule is CCCOc1c(OC)cccc1[C@@H]1C(C(=O)OCC)=C(C)N=c2sc(=Cc3ccc(OCC(N)=O)c(Br)c3)c(=O)n21. The van der Waals surface area contributed by atoms with E-state index in [1.165, 1.54) is 15.9 Å². The number of aromatic nitrogens is 1. The molecule has 1 atom stereocenters. The highest BCUT2D eigenvalue weighted by atomic mass is 79.9. The molecule has 0 aliphatic carbocycles. The van der Waals surface area contributed by atoms with E-state index in [9.17, 15) is 14.4 Å². The number of hydrogen-bond donors (Lipinski definition) is 1. The van der Waals surface area contributed by atoms with Crippen molar-refractivity contribution >= 4 is 45.2 Å². The zero-order chi connectivity index (χ0) is 29.7. The number of hydrogen-bond acceptors (Lipinski definition) is 9. The van der Waals surface area contributed by atoms with Gasteiger partial charge in [0.1, 0.15) is 11.8 Å². The highest BCUT2D eigenvalue weighted by Crippen LogP contribution is 2.41. The summed E-state index contributed by atoms with van der Waals surface area (Å²) in [5, 5.41) is 0. The molecule has 0 radical (unpaired) electrons. The number of rotatable bonds is 11. The molecule has 0 spiro atoms. The number of halogens is 1. The third-order valence-corrected chi connectivity index (χ3v) is 7.72. The number of allylic oxidation sites excluding steroid dienone is 1. The second-order valence-corrected chi connectivity index (χ2v) is 10.8. The number of primary amides is 1. The minimum absolute atomic E-state index is 0.165. The summed E-state index contributed by atoms with van der Waals surface area (Å²) >= 11 is 4.64. The molecule has 1 aliphatic heterocycles. The molecule has 12 heteroatoms. The maximum Gasteiger partial charge on any atom is 0.338 e. The number of nitrogens with two attached hydrogens (primary N) is 1. The van der Waals surface area contributed by atoms with Crippen LogP contribution in [0.15, 0.2) is 61.9 Å². The van der Waals surface area contributed by atoms with Crippen molar-refractivity contribution in [1.29, 1.82) is 0 Å². The molecule has 1 amide bonds. The maximum atomic E-state index is 14.0. The van der Waals surface area contributed by atoms with E-state index in [-0.39, 0.29) is 24.3 Å². The Labute approximate surface area is 248 Å². The summed E-state index contributed by atoms with van der Waals surface area (Å²) in [7, 11) is 1.54. The number of para-hydroxylation sites is 1. The summed E-state index contributed by atoms with van der Waals surface area (Å²) in [6.07, 6.45) is 2.48. The Kier molecular flexibility index (Phi) is 9.66. The maximum absolute atomic E-state index is 14.0. The fourth-order valence-corrected chi connectivity index (χ4v) is 5.93. The number of carbonyl (C=O) groups excluding carboxylic acids is 2. The number of fused-ring (bicyclic) bond motifs is 1. The lowest BCUT2D eigenvalue weighted by molar-refractivity contribution is -0.139. The highest BCUT2D eigenvalue weighted by Gasteiger charge is 2.36. The third kappa shape index (κ3) is 6.38. The van der Waals surface area contributed by atoms with Gasteiger partial charge in [-0.3, -0.25) is 14.2 Å². The summed E-state index contributed by atoms with van der Waals surface area (Å²) < 4.78 is 25.0.